The zero-order valence-electron chi connectivity index (χ0n) is 19.0. The van der Waals surface area contributed by atoms with E-state index in [4.69, 9.17) is 9.47 Å². The SMILES string of the molecule is CCOC(=O)[C@H](CCc1ccccc1)NC(=O)[C@H](CCC(=O)OC(C)(C)C)NC(C)=O. The molecule has 0 heterocycles. The summed E-state index contributed by atoms with van der Waals surface area (Å²) < 4.78 is 10.3. The zero-order valence-corrected chi connectivity index (χ0v) is 19.0. The first-order valence-corrected chi connectivity index (χ1v) is 10.5. The predicted molar refractivity (Wildman–Crippen MR) is 116 cm³/mol. The predicted octanol–water partition coefficient (Wildman–Crippen LogP) is 2.29. The van der Waals surface area contributed by atoms with Gasteiger partial charge in [-0.2, -0.15) is 0 Å². The Bertz CT molecular complexity index is 742. The van der Waals surface area contributed by atoms with Crippen LogP contribution in [-0.2, 0) is 35.1 Å². The molecule has 0 aliphatic heterocycles. The normalized spacial score (nSPS) is 12.9. The van der Waals surface area contributed by atoms with Crippen LogP contribution in [-0.4, -0.2) is 48.0 Å². The molecule has 0 unspecified atom stereocenters. The van der Waals surface area contributed by atoms with E-state index in [1.807, 2.05) is 30.3 Å². The van der Waals surface area contributed by atoms with Gasteiger partial charge in [0.25, 0.3) is 0 Å². The maximum absolute atomic E-state index is 12.8. The highest BCUT2D eigenvalue weighted by Crippen LogP contribution is 2.11. The van der Waals surface area contributed by atoms with Gasteiger partial charge in [0.1, 0.15) is 17.7 Å². The quantitative estimate of drug-likeness (QED) is 0.517. The molecule has 31 heavy (non-hydrogen) atoms. The van der Waals surface area contributed by atoms with Gasteiger partial charge >= 0.3 is 11.9 Å². The lowest BCUT2D eigenvalue weighted by atomic mass is 10.0. The number of carbonyl (C=O) groups is 4. The highest BCUT2D eigenvalue weighted by molar-refractivity contribution is 5.90. The summed E-state index contributed by atoms with van der Waals surface area (Å²) in [5, 5.41) is 5.21. The minimum absolute atomic E-state index is 0.0502. The van der Waals surface area contributed by atoms with E-state index in [9.17, 15) is 19.2 Å². The Kier molecular flexibility index (Phi) is 10.7. The van der Waals surface area contributed by atoms with Crippen LogP contribution in [0, 0.1) is 0 Å². The van der Waals surface area contributed by atoms with E-state index >= 15 is 0 Å². The Morgan fingerprint density at radius 3 is 2.16 bits per heavy atom. The van der Waals surface area contributed by atoms with Gasteiger partial charge in [-0.15, -0.1) is 0 Å². The Morgan fingerprint density at radius 1 is 0.968 bits per heavy atom. The van der Waals surface area contributed by atoms with Gasteiger partial charge in [-0.3, -0.25) is 14.4 Å². The lowest BCUT2D eigenvalue weighted by Crippen LogP contribution is -2.52. The van der Waals surface area contributed by atoms with Crippen LogP contribution in [0.25, 0.3) is 0 Å². The van der Waals surface area contributed by atoms with Crippen molar-refractivity contribution >= 4 is 23.8 Å². The third kappa shape index (κ3) is 11.2. The van der Waals surface area contributed by atoms with Crippen molar-refractivity contribution in [2.24, 2.45) is 0 Å². The number of hydrogen-bond donors (Lipinski definition) is 2. The number of nitrogens with one attached hydrogen (secondary N) is 2. The topological polar surface area (TPSA) is 111 Å². The number of hydrogen-bond acceptors (Lipinski definition) is 6. The van der Waals surface area contributed by atoms with Gasteiger partial charge in [0.15, 0.2) is 0 Å². The number of rotatable bonds is 11. The molecule has 0 spiro atoms. The van der Waals surface area contributed by atoms with Crippen LogP contribution >= 0.6 is 0 Å². The first kappa shape index (κ1) is 26.1. The molecule has 8 heteroatoms. The number of amides is 2. The fourth-order valence-electron chi connectivity index (χ4n) is 2.89. The maximum atomic E-state index is 12.8. The second-order valence-electron chi connectivity index (χ2n) is 8.22. The van der Waals surface area contributed by atoms with Crippen LogP contribution in [0.1, 0.15) is 59.4 Å². The van der Waals surface area contributed by atoms with Crippen LogP contribution in [0.4, 0.5) is 0 Å². The monoisotopic (exact) mass is 434 g/mol. The van der Waals surface area contributed by atoms with E-state index in [1.54, 1.807) is 27.7 Å². The largest absolute Gasteiger partial charge is 0.464 e. The molecule has 8 nitrogen and oxygen atoms in total. The Morgan fingerprint density at radius 2 is 1.61 bits per heavy atom. The highest BCUT2D eigenvalue weighted by Gasteiger charge is 2.28. The summed E-state index contributed by atoms with van der Waals surface area (Å²) in [7, 11) is 0. The molecular weight excluding hydrogens is 400 g/mol. The van der Waals surface area contributed by atoms with Gasteiger partial charge in [0.2, 0.25) is 11.8 Å². The average Bonchev–Trinajstić information content (AvgIpc) is 2.67. The maximum Gasteiger partial charge on any atom is 0.328 e. The summed E-state index contributed by atoms with van der Waals surface area (Å²) in [6, 6.07) is 7.73. The van der Waals surface area contributed by atoms with Crippen LogP contribution in [0.3, 0.4) is 0 Å². The number of aryl methyl sites for hydroxylation is 1. The van der Waals surface area contributed by atoms with Gasteiger partial charge in [-0.05, 0) is 52.5 Å². The molecule has 1 rings (SSSR count). The van der Waals surface area contributed by atoms with E-state index in [1.165, 1.54) is 6.92 Å². The molecule has 0 saturated heterocycles. The number of carbonyl (C=O) groups excluding carboxylic acids is 4. The molecule has 0 radical (unpaired) electrons. The number of ether oxygens (including phenoxy) is 2. The summed E-state index contributed by atoms with van der Waals surface area (Å²) in [6.07, 6.45) is 0.902. The van der Waals surface area contributed by atoms with Crippen LogP contribution in [0.15, 0.2) is 30.3 Å². The van der Waals surface area contributed by atoms with Crippen molar-refractivity contribution in [3.05, 3.63) is 35.9 Å². The summed E-state index contributed by atoms with van der Waals surface area (Å²) in [4.78, 5) is 48.8. The summed E-state index contributed by atoms with van der Waals surface area (Å²) in [6.45, 7) is 8.41. The van der Waals surface area contributed by atoms with E-state index < -0.39 is 41.4 Å². The van der Waals surface area contributed by atoms with E-state index in [0.29, 0.717) is 12.8 Å². The fraction of sp³-hybridized carbons (Fsp3) is 0.565. The molecule has 0 bridgehead atoms. The van der Waals surface area contributed by atoms with Gasteiger partial charge < -0.3 is 20.1 Å². The molecule has 1 aromatic rings. The molecule has 1 aromatic carbocycles. The molecular formula is C23H34N2O6. The van der Waals surface area contributed by atoms with Gasteiger partial charge in [-0.1, -0.05) is 30.3 Å². The highest BCUT2D eigenvalue weighted by atomic mass is 16.6. The summed E-state index contributed by atoms with van der Waals surface area (Å²) in [5.74, 6) is -1.98. The molecule has 0 aliphatic rings. The molecule has 172 valence electrons. The fourth-order valence-corrected chi connectivity index (χ4v) is 2.89. The Labute approximate surface area is 184 Å². The lowest BCUT2D eigenvalue weighted by molar-refractivity contribution is -0.155. The summed E-state index contributed by atoms with van der Waals surface area (Å²) >= 11 is 0. The zero-order chi connectivity index (χ0) is 23.4. The second-order valence-corrected chi connectivity index (χ2v) is 8.22. The van der Waals surface area contributed by atoms with Crippen molar-refractivity contribution in [2.75, 3.05) is 6.61 Å². The Balaban J connectivity index is 2.81. The van der Waals surface area contributed by atoms with Gasteiger partial charge in [0.05, 0.1) is 6.61 Å². The molecule has 2 N–H and O–H groups in total. The summed E-state index contributed by atoms with van der Waals surface area (Å²) in [5.41, 5.74) is 0.379. The third-order valence-electron chi connectivity index (χ3n) is 4.20. The molecule has 0 aliphatic carbocycles. The first-order valence-electron chi connectivity index (χ1n) is 10.5. The minimum Gasteiger partial charge on any atom is -0.464 e. The third-order valence-corrected chi connectivity index (χ3v) is 4.20. The molecule has 0 saturated carbocycles. The van der Waals surface area contributed by atoms with Crippen molar-refractivity contribution in [3.8, 4) is 0 Å². The van der Waals surface area contributed by atoms with Gasteiger partial charge in [-0.25, -0.2) is 4.79 Å². The smallest absolute Gasteiger partial charge is 0.328 e. The van der Waals surface area contributed by atoms with Crippen molar-refractivity contribution < 1.29 is 28.7 Å². The van der Waals surface area contributed by atoms with Crippen LogP contribution in [0.5, 0.6) is 0 Å². The van der Waals surface area contributed by atoms with E-state index in [2.05, 4.69) is 10.6 Å². The average molecular weight is 435 g/mol. The lowest BCUT2D eigenvalue weighted by Gasteiger charge is -2.23. The van der Waals surface area contributed by atoms with Crippen LogP contribution in [0.2, 0.25) is 0 Å². The Hall–Kier alpha value is -2.90. The first-order chi connectivity index (χ1) is 14.5. The minimum atomic E-state index is -0.973. The molecule has 2 amide bonds. The van der Waals surface area contributed by atoms with E-state index in [-0.39, 0.29) is 19.4 Å². The molecule has 0 fully saturated rings. The molecule has 2 atom stereocenters. The van der Waals surface area contributed by atoms with Gasteiger partial charge in [0, 0.05) is 13.3 Å². The van der Waals surface area contributed by atoms with Crippen LogP contribution < -0.4 is 10.6 Å². The van der Waals surface area contributed by atoms with E-state index in [0.717, 1.165) is 5.56 Å². The molecule has 0 aromatic heterocycles. The van der Waals surface area contributed by atoms with Crippen molar-refractivity contribution in [2.45, 2.75) is 78.0 Å². The number of benzene rings is 1. The van der Waals surface area contributed by atoms with Crippen molar-refractivity contribution in [1.29, 1.82) is 0 Å². The second kappa shape index (κ2) is 12.7. The number of esters is 2. The van der Waals surface area contributed by atoms with Crippen molar-refractivity contribution in [1.82, 2.24) is 10.6 Å². The standard InChI is InChI=1S/C23H34N2O6/c1-6-30-22(29)19(13-12-17-10-8-7-9-11-17)25-21(28)18(24-16(2)26)14-15-20(27)31-23(3,4)5/h7-11,18-19H,6,12-15H2,1-5H3,(H,24,26)(H,25,28)/t18-,19-/m0/s1. The van der Waals surface area contributed by atoms with Crippen molar-refractivity contribution in [3.63, 3.8) is 0 Å².